The molecule has 2 aromatic rings. The van der Waals surface area contributed by atoms with Gasteiger partial charge >= 0.3 is 0 Å². The zero-order chi connectivity index (χ0) is 27.7. The van der Waals surface area contributed by atoms with Gasteiger partial charge in [-0.25, -0.2) is 4.98 Å². The maximum absolute atomic E-state index is 13.8. The lowest BCUT2D eigenvalue weighted by Crippen LogP contribution is -2.59. The van der Waals surface area contributed by atoms with Crippen LogP contribution in [0.2, 0.25) is 0 Å². The summed E-state index contributed by atoms with van der Waals surface area (Å²) < 4.78 is 0. The maximum atomic E-state index is 13.8. The first kappa shape index (κ1) is 28.8. The molecular weight excluding hydrogens is 484 g/mol. The lowest BCUT2D eigenvalue weighted by atomic mass is 9.84. The van der Waals surface area contributed by atoms with Crippen molar-refractivity contribution in [3.63, 3.8) is 0 Å². The number of hydrogen-bond acceptors (Lipinski definition) is 5. The summed E-state index contributed by atoms with van der Waals surface area (Å²) in [6.45, 7) is 17.8. The van der Waals surface area contributed by atoms with Gasteiger partial charge < -0.3 is 15.5 Å². The minimum absolute atomic E-state index is 0.164. The number of aryl methyl sites for hydroxylation is 1. The largest absolute Gasteiger partial charge is 0.348 e. The average molecular weight is 527 g/mol. The highest BCUT2D eigenvalue weighted by atomic mass is 32.1. The average Bonchev–Trinajstić information content (AvgIpc) is 3.40. The van der Waals surface area contributed by atoms with Crippen LogP contribution in [0.5, 0.6) is 0 Å². The summed E-state index contributed by atoms with van der Waals surface area (Å²) in [4.78, 5) is 47.1. The molecule has 8 heteroatoms. The van der Waals surface area contributed by atoms with Crippen LogP contribution in [0.15, 0.2) is 29.8 Å². The normalized spacial score (nSPS) is 19.9. The zero-order valence-corrected chi connectivity index (χ0v) is 24.5. The van der Waals surface area contributed by atoms with Gasteiger partial charge in [0.25, 0.3) is 0 Å². The van der Waals surface area contributed by atoms with Gasteiger partial charge in [0.05, 0.1) is 22.1 Å². The van der Waals surface area contributed by atoms with E-state index >= 15 is 0 Å². The van der Waals surface area contributed by atoms with Crippen LogP contribution in [0.1, 0.15) is 79.1 Å². The van der Waals surface area contributed by atoms with Gasteiger partial charge in [-0.05, 0) is 42.7 Å². The van der Waals surface area contributed by atoms with Gasteiger partial charge in [-0.15, -0.1) is 11.3 Å². The number of nitrogens with one attached hydrogen (secondary N) is 2. The number of likely N-dealkylation sites (tertiary alicyclic amines) is 1. The molecule has 1 saturated heterocycles. The topological polar surface area (TPSA) is 91.4 Å². The number of hydrogen-bond donors (Lipinski definition) is 2. The van der Waals surface area contributed by atoms with E-state index in [-0.39, 0.29) is 29.7 Å². The molecular formula is C29H42N4O3S. The zero-order valence-electron chi connectivity index (χ0n) is 23.6. The molecule has 3 rings (SSSR count). The lowest BCUT2D eigenvalue weighted by Gasteiger charge is -2.37. The molecule has 0 bridgehead atoms. The molecule has 2 heterocycles. The summed E-state index contributed by atoms with van der Waals surface area (Å²) in [7, 11) is 0. The molecule has 202 valence electrons. The summed E-state index contributed by atoms with van der Waals surface area (Å²) in [5.41, 5.74) is 3.82. The standard InChI is InChI=1S/C29H42N4O3S/c1-17-14-22(33(15-17)26(35)24(28(4,5)6)32-27(36)29(7,8)9)25(34)31-18(2)20-10-12-21(13-11-20)23-19(3)30-16-37-23/h10-13,16-18,22,24H,14-15H2,1-9H3,(H,31,34)(H,32,36)/t17-,18+,22+,24-/m1/s1. The molecule has 0 radical (unpaired) electrons. The van der Waals surface area contributed by atoms with E-state index in [1.54, 1.807) is 16.2 Å². The monoisotopic (exact) mass is 526 g/mol. The smallest absolute Gasteiger partial charge is 0.246 e. The highest BCUT2D eigenvalue weighted by molar-refractivity contribution is 7.13. The Kier molecular flexibility index (Phi) is 8.52. The summed E-state index contributed by atoms with van der Waals surface area (Å²) in [6.07, 6.45) is 0.595. The van der Waals surface area contributed by atoms with Crippen molar-refractivity contribution >= 4 is 29.1 Å². The van der Waals surface area contributed by atoms with Crippen molar-refractivity contribution < 1.29 is 14.4 Å². The predicted octanol–water partition coefficient (Wildman–Crippen LogP) is 5.11. The minimum Gasteiger partial charge on any atom is -0.348 e. The molecule has 1 fully saturated rings. The van der Waals surface area contributed by atoms with Crippen LogP contribution >= 0.6 is 11.3 Å². The number of nitrogens with zero attached hydrogens (tertiary/aromatic N) is 2. The summed E-state index contributed by atoms with van der Waals surface area (Å²) in [6, 6.07) is 6.65. The molecule has 0 saturated carbocycles. The van der Waals surface area contributed by atoms with Crippen LogP contribution in [-0.4, -0.2) is 46.2 Å². The van der Waals surface area contributed by atoms with Crippen LogP contribution in [0.4, 0.5) is 0 Å². The molecule has 1 aliphatic rings. The van der Waals surface area contributed by atoms with Crippen LogP contribution in [0.3, 0.4) is 0 Å². The molecule has 1 aromatic carbocycles. The number of carbonyl (C=O) groups excluding carboxylic acids is 3. The summed E-state index contributed by atoms with van der Waals surface area (Å²) in [5, 5.41) is 6.09. The molecule has 7 nitrogen and oxygen atoms in total. The van der Waals surface area contributed by atoms with Crippen LogP contribution in [-0.2, 0) is 14.4 Å². The predicted molar refractivity (Wildman–Crippen MR) is 149 cm³/mol. The second-order valence-electron chi connectivity index (χ2n) is 12.5. The first-order valence-corrected chi connectivity index (χ1v) is 13.9. The number of carbonyl (C=O) groups is 3. The van der Waals surface area contributed by atoms with Gasteiger partial charge in [0, 0.05) is 12.0 Å². The highest BCUT2D eigenvalue weighted by Crippen LogP contribution is 2.31. The van der Waals surface area contributed by atoms with E-state index in [0.717, 1.165) is 21.7 Å². The Morgan fingerprint density at radius 1 is 1.05 bits per heavy atom. The third-order valence-corrected chi connectivity index (χ3v) is 7.92. The van der Waals surface area contributed by atoms with Crippen molar-refractivity contribution in [1.82, 2.24) is 20.5 Å². The van der Waals surface area contributed by atoms with Crippen molar-refractivity contribution in [2.24, 2.45) is 16.7 Å². The molecule has 1 aromatic heterocycles. The molecule has 2 N–H and O–H groups in total. The fourth-order valence-corrected chi connectivity index (χ4v) is 5.41. The summed E-state index contributed by atoms with van der Waals surface area (Å²) >= 11 is 1.61. The second-order valence-corrected chi connectivity index (χ2v) is 13.3. The number of amides is 3. The Bertz CT molecular complexity index is 1130. The molecule has 0 unspecified atom stereocenters. The quantitative estimate of drug-likeness (QED) is 0.547. The molecule has 1 aliphatic heterocycles. The van der Waals surface area contributed by atoms with E-state index in [1.807, 2.05) is 73.0 Å². The lowest BCUT2D eigenvalue weighted by molar-refractivity contribution is -0.145. The Hall–Kier alpha value is -2.74. The van der Waals surface area contributed by atoms with E-state index in [0.29, 0.717) is 13.0 Å². The van der Waals surface area contributed by atoms with Gasteiger partial charge in [-0.2, -0.15) is 0 Å². The first-order chi connectivity index (χ1) is 17.1. The van der Waals surface area contributed by atoms with Crippen molar-refractivity contribution in [1.29, 1.82) is 0 Å². The van der Waals surface area contributed by atoms with Crippen LogP contribution in [0, 0.1) is 23.7 Å². The Balaban J connectivity index is 1.74. The second kappa shape index (κ2) is 10.9. The summed E-state index contributed by atoms with van der Waals surface area (Å²) in [5.74, 6) is -0.357. The van der Waals surface area contributed by atoms with E-state index in [2.05, 4.69) is 34.7 Å². The number of thiazole rings is 1. The third-order valence-electron chi connectivity index (χ3n) is 6.94. The maximum Gasteiger partial charge on any atom is 0.246 e. The number of aromatic nitrogens is 1. The molecule has 0 aliphatic carbocycles. The van der Waals surface area contributed by atoms with E-state index in [9.17, 15) is 14.4 Å². The minimum atomic E-state index is -0.722. The number of benzene rings is 1. The molecule has 4 atom stereocenters. The fraction of sp³-hybridized carbons (Fsp3) is 0.586. The molecule has 37 heavy (non-hydrogen) atoms. The van der Waals surface area contributed by atoms with Gasteiger partial charge in [0.1, 0.15) is 12.1 Å². The van der Waals surface area contributed by atoms with Crippen molar-refractivity contribution in [3.05, 3.63) is 41.0 Å². The van der Waals surface area contributed by atoms with Gasteiger partial charge in [0.15, 0.2) is 0 Å². The van der Waals surface area contributed by atoms with Crippen LogP contribution in [0.25, 0.3) is 10.4 Å². The Labute approximate surface area is 225 Å². The van der Waals surface area contributed by atoms with Gasteiger partial charge in [-0.1, -0.05) is 72.7 Å². The van der Waals surface area contributed by atoms with Gasteiger partial charge in [-0.3, -0.25) is 14.4 Å². The van der Waals surface area contributed by atoms with Crippen LogP contribution < -0.4 is 10.6 Å². The van der Waals surface area contributed by atoms with E-state index < -0.39 is 22.9 Å². The highest BCUT2D eigenvalue weighted by Gasteiger charge is 2.44. The van der Waals surface area contributed by atoms with Gasteiger partial charge in [0.2, 0.25) is 17.7 Å². The Morgan fingerprint density at radius 3 is 2.19 bits per heavy atom. The Morgan fingerprint density at radius 2 is 1.68 bits per heavy atom. The first-order valence-electron chi connectivity index (χ1n) is 13.0. The number of rotatable bonds is 6. The fourth-order valence-electron chi connectivity index (χ4n) is 4.60. The third kappa shape index (κ3) is 6.78. The van der Waals surface area contributed by atoms with Crippen molar-refractivity contribution in [2.45, 2.75) is 86.9 Å². The molecule has 0 spiro atoms. The molecule has 3 amide bonds. The van der Waals surface area contributed by atoms with Crippen molar-refractivity contribution in [2.75, 3.05) is 6.54 Å². The van der Waals surface area contributed by atoms with Crippen molar-refractivity contribution in [3.8, 4) is 10.4 Å². The van der Waals surface area contributed by atoms with E-state index in [4.69, 9.17) is 0 Å². The SMILES string of the molecule is Cc1ncsc1-c1ccc([C@H](C)NC(=O)[C@@H]2C[C@@H](C)CN2C(=O)[C@@H](NC(=O)C(C)(C)C)C(C)(C)C)cc1. The van der Waals surface area contributed by atoms with E-state index in [1.165, 1.54) is 0 Å².